The third kappa shape index (κ3) is 3.92. The van der Waals surface area contributed by atoms with Crippen molar-refractivity contribution in [3.63, 3.8) is 0 Å². The van der Waals surface area contributed by atoms with Gasteiger partial charge in [-0.15, -0.1) is 0 Å². The highest BCUT2D eigenvalue weighted by atomic mass is 16.2. The van der Waals surface area contributed by atoms with Gasteiger partial charge in [-0.05, 0) is 45.7 Å². The van der Waals surface area contributed by atoms with Crippen molar-refractivity contribution in [1.82, 2.24) is 15.2 Å². The van der Waals surface area contributed by atoms with E-state index in [1.165, 1.54) is 0 Å². The number of H-pyrrole nitrogens is 1. The normalized spacial score (nSPS) is 11.5. The monoisotopic (exact) mass is 315 g/mol. The molecule has 1 aromatic carbocycles. The van der Waals surface area contributed by atoms with Crippen LogP contribution in [0.1, 0.15) is 33.3 Å². The van der Waals surface area contributed by atoms with Gasteiger partial charge >= 0.3 is 11.8 Å². The molecule has 2 amide bonds. The minimum atomic E-state index is -0.540. The summed E-state index contributed by atoms with van der Waals surface area (Å²) in [4.78, 5) is 29.1. The smallest absolute Gasteiger partial charge is 0.312 e. The molecule has 23 heavy (non-hydrogen) atoms. The maximum Gasteiger partial charge on any atom is 0.312 e. The van der Waals surface area contributed by atoms with Gasteiger partial charge in [-0.25, -0.2) is 0 Å². The number of rotatable bonds is 4. The molecule has 0 aliphatic carbocycles. The number of aromatic amines is 1. The highest BCUT2D eigenvalue weighted by molar-refractivity contribution is 6.35. The Balaban J connectivity index is 1.93. The van der Waals surface area contributed by atoms with Gasteiger partial charge in [-0.1, -0.05) is 18.2 Å². The molecule has 2 aromatic rings. The van der Waals surface area contributed by atoms with E-state index in [1.54, 1.807) is 4.90 Å². The Morgan fingerprint density at radius 1 is 1.22 bits per heavy atom. The van der Waals surface area contributed by atoms with E-state index in [-0.39, 0.29) is 5.54 Å². The summed E-state index contributed by atoms with van der Waals surface area (Å²) in [5.74, 6) is -1.01. The van der Waals surface area contributed by atoms with Gasteiger partial charge < -0.3 is 15.2 Å². The van der Waals surface area contributed by atoms with E-state index in [1.807, 2.05) is 58.2 Å². The summed E-state index contributed by atoms with van der Waals surface area (Å²) in [6.45, 7) is 8.60. The molecule has 5 nitrogen and oxygen atoms in total. The van der Waals surface area contributed by atoms with Crippen molar-refractivity contribution in [3.8, 4) is 0 Å². The first-order chi connectivity index (χ1) is 10.8. The number of nitrogens with one attached hydrogen (secondary N) is 2. The van der Waals surface area contributed by atoms with E-state index >= 15 is 0 Å². The first-order valence-electron chi connectivity index (χ1n) is 7.99. The second-order valence-electron chi connectivity index (χ2n) is 6.59. The van der Waals surface area contributed by atoms with Crippen molar-refractivity contribution in [2.24, 2.45) is 0 Å². The van der Waals surface area contributed by atoms with E-state index in [0.717, 1.165) is 16.5 Å². The van der Waals surface area contributed by atoms with Gasteiger partial charge in [-0.3, -0.25) is 9.59 Å². The van der Waals surface area contributed by atoms with E-state index in [2.05, 4.69) is 10.3 Å². The average molecular weight is 315 g/mol. The van der Waals surface area contributed by atoms with Crippen molar-refractivity contribution in [2.75, 3.05) is 13.1 Å². The van der Waals surface area contributed by atoms with Crippen molar-refractivity contribution in [3.05, 3.63) is 36.0 Å². The van der Waals surface area contributed by atoms with Crippen LogP contribution in [0.5, 0.6) is 0 Å². The van der Waals surface area contributed by atoms with Crippen LogP contribution in [0.2, 0.25) is 0 Å². The highest BCUT2D eigenvalue weighted by Gasteiger charge is 2.29. The molecule has 0 aliphatic heterocycles. The molecule has 0 spiro atoms. The van der Waals surface area contributed by atoms with Gasteiger partial charge in [0.2, 0.25) is 0 Å². The number of aromatic nitrogens is 1. The summed E-state index contributed by atoms with van der Waals surface area (Å²) in [6.07, 6.45) is 2.64. The maximum absolute atomic E-state index is 12.2. The van der Waals surface area contributed by atoms with Gasteiger partial charge in [0.1, 0.15) is 0 Å². The van der Waals surface area contributed by atoms with Crippen LogP contribution in [0.4, 0.5) is 0 Å². The SMILES string of the molecule is CCN(C(=O)C(=O)NCCc1c[nH]c2ccccc12)C(C)(C)C. The third-order valence-corrected chi connectivity index (χ3v) is 3.92. The molecule has 5 heteroatoms. The summed E-state index contributed by atoms with van der Waals surface area (Å²) in [5.41, 5.74) is 1.85. The van der Waals surface area contributed by atoms with Gasteiger partial charge in [-0.2, -0.15) is 0 Å². The number of hydrogen-bond donors (Lipinski definition) is 2. The molecule has 0 radical (unpaired) electrons. The van der Waals surface area contributed by atoms with Gasteiger partial charge in [0, 0.05) is 35.7 Å². The van der Waals surface area contributed by atoms with Crippen molar-refractivity contribution in [2.45, 2.75) is 39.7 Å². The van der Waals surface area contributed by atoms with Crippen molar-refractivity contribution in [1.29, 1.82) is 0 Å². The standard InChI is InChI=1S/C18H25N3O2/c1-5-21(18(2,3)4)17(23)16(22)19-11-10-13-12-20-15-9-7-6-8-14(13)15/h6-9,12,20H,5,10-11H2,1-4H3,(H,19,22). The molecule has 2 N–H and O–H groups in total. The summed E-state index contributed by atoms with van der Waals surface area (Å²) < 4.78 is 0. The Labute approximate surface area is 137 Å². The molecule has 0 atom stereocenters. The summed E-state index contributed by atoms with van der Waals surface area (Å²) in [6, 6.07) is 8.04. The van der Waals surface area contributed by atoms with E-state index in [4.69, 9.17) is 0 Å². The molecular weight excluding hydrogens is 290 g/mol. The predicted molar refractivity (Wildman–Crippen MR) is 92.2 cm³/mol. The Bertz CT molecular complexity index is 698. The van der Waals surface area contributed by atoms with E-state index in [0.29, 0.717) is 19.5 Å². The Kier molecular flexibility index (Phi) is 5.08. The summed E-state index contributed by atoms with van der Waals surface area (Å²) in [7, 11) is 0. The fourth-order valence-corrected chi connectivity index (χ4v) is 2.77. The minimum Gasteiger partial charge on any atom is -0.361 e. The fourth-order valence-electron chi connectivity index (χ4n) is 2.77. The average Bonchev–Trinajstić information content (AvgIpc) is 2.90. The number of carbonyl (C=O) groups is 2. The Hall–Kier alpha value is -2.30. The Morgan fingerprint density at radius 2 is 1.91 bits per heavy atom. The molecule has 124 valence electrons. The number of nitrogens with zero attached hydrogens (tertiary/aromatic N) is 1. The number of likely N-dealkylation sites (N-methyl/N-ethyl adjacent to an activating group) is 1. The zero-order valence-electron chi connectivity index (χ0n) is 14.3. The van der Waals surface area contributed by atoms with Gasteiger partial charge in [0.15, 0.2) is 0 Å². The van der Waals surface area contributed by atoms with E-state index in [9.17, 15) is 9.59 Å². The van der Waals surface area contributed by atoms with Crippen molar-refractivity contribution >= 4 is 22.7 Å². The highest BCUT2D eigenvalue weighted by Crippen LogP contribution is 2.17. The first kappa shape index (κ1) is 17.1. The molecule has 1 heterocycles. The van der Waals surface area contributed by atoms with Gasteiger partial charge in [0.05, 0.1) is 0 Å². The number of benzene rings is 1. The summed E-state index contributed by atoms with van der Waals surface area (Å²) in [5, 5.41) is 3.88. The number of hydrogen-bond acceptors (Lipinski definition) is 2. The summed E-state index contributed by atoms with van der Waals surface area (Å²) >= 11 is 0. The lowest BCUT2D eigenvalue weighted by atomic mass is 10.1. The molecule has 0 saturated heterocycles. The lowest BCUT2D eigenvalue weighted by Crippen LogP contribution is -2.51. The zero-order valence-corrected chi connectivity index (χ0v) is 14.3. The molecule has 0 saturated carbocycles. The van der Waals surface area contributed by atoms with Crippen LogP contribution in [0.25, 0.3) is 10.9 Å². The number of amides is 2. The van der Waals surface area contributed by atoms with Crippen LogP contribution in [0, 0.1) is 0 Å². The number of carbonyl (C=O) groups excluding carboxylic acids is 2. The molecule has 1 aromatic heterocycles. The maximum atomic E-state index is 12.2. The topological polar surface area (TPSA) is 65.2 Å². The second-order valence-corrected chi connectivity index (χ2v) is 6.59. The molecule has 2 rings (SSSR count). The molecule has 0 unspecified atom stereocenters. The van der Waals surface area contributed by atoms with Crippen LogP contribution < -0.4 is 5.32 Å². The largest absolute Gasteiger partial charge is 0.361 e. The Morgan fingerprint density at radius 3 is 2.57 bits per heavy atom. The first-order valence-corrected chi connectivity index (χ1v) is 7.99. The molecule has 0 fully saturated rings. The fraction of sp³-hybridized carbons (Fsp3) is 0.444. The van der Waals surface area contributed by atoms with Crippen LogP contribution in [-0.4, -0.2) is 40.3 Å². The number of fused-ring (bicyclic) bond motifs is 1. The predicted octanol–water partition coefficient (Wildman–Crippen LogP) is 2.47. The lowest BCUT2D eigenvalue weighted by Gasteiger charge is -2.34. The lowest BCUT2D eigenvalue weighted by molar-refractivity contribution is -0.148. The minimum absolute atomic E-state index is 0.361. The van der Waals surface area contributed by atoms with Crippen LogP contribution in [-0.2, 0) is 16.0 Å². The van der Waals surface area contributed by atoms with Crippen molar-refractivity contribution < 1.29 is 9.59 Å². The molecule has 0 aliphatic rings. The zero-order chi connectivity index (χ0) is 17.0. The molecular formula is C18H25N3O2. The third-order valence-electron chi connectivity index (χ3n) is 3.92. The van der Waals surface area contributed by atoms with Crippen LogP contribution >= 0.6 is 0 Å². The number of para-hydroxylation sites is 1. The molecule has 0 bridgehead atoms. The van der Waals surface area contributed by atoms with Gasteiger partial charge in [0.25, 0.3) is 0 Å². The van der Waals surface area contributed by atoms with Crippen LogP contribution in [0.15, 0.2) is 30.5 Å². The quantitative estimate of drug-likeness (QED) is 0.851. The second kappa shape index (κ2) is 6.86. The van der Waals surface area contributed by atoms with E-state index < -0.39 is 11.8 Å². The van der Waals surface area contributed by atoms with Crippen LogP contribution in [0.3, 0.4) is 0 Å².